The van der Waals surface area contributed by atoms with Crippen molar-refractivity contribution >= 4 is 34.9 Å². The van der Waals surface area contributed by atoms with Crippen LogP contribution in [0.5, 0.6) is 0 Å². The monoisotopic (exact) mass is 425 g/mol. The molecule has 0 fully saturated rings. The first-order valence-electron chi connectivity index (χ1n) is 9.15. The van der Waals surface area contributed by atoms with Gasteiger partial charge in [-0.3, -0.25) is 9.59 Å². The summed E-state index contributed by atoms with van der Waals surface area (Å²) in [6.07, 6.45) is 0. The fourth-order valence-corrected chi connectivity index (χ4v) is 4.15. The molecule has 7 heteroatoms. The SMILES string of the molecule is Cc1nc(CSc2ccc(C(=O)NCc3ccc(C(=O)N(C)C)cc3)cc2)cs1. The molecular formula is C22H23N3O2S2. The van der Waals surface area contributed by atoms with E-state index in [-0.39, 0.29) is 11.8 Å². The fraction of sp³-hybridized carbons (Fsp3) is 0.227. The normalized spacial score (nSPS) is 10.6. The molecule has 0 atom stereocenters. The van der Waals surface area contributed by atoms with E-state index in [0.717, 1.165) is 26.9 Å². The van der Waals surface area contributed by atoms with E-state index in [2.05, 4.69) is 15.7 Å². The molecule has 0 aliphatic carbocycles. The van der Waals surface area contributed by atoms with Crippen molar-refractivity contribution in [2.24, 2.45) is 0 Å². The Hall–Kier alpha value is -2.64. The number of hydrogen-bond donors (Lipinski definition) is 1. The number of nitrogens with one attached hydrogen (secondary N) is 1. The zero-order valence-corrected chi connectivity index (χ0v) is 18.3. The highest BCUT2D eigenvalue weighted by Gasteiger charge is 2.09. The quantitative estimate of drug-likeness (QED) is 0.571. The average molecular weight is 426 g/mol. The molecule has 29 heavy (non-hydrogen) atoms. The van der Waals surface area contributed by atoms with Crippen LogP contribution in [0.25, 0.3) is 0 Å². The van der Waals surface area contributed by atoms with Gasteiger partial charge in [0, 0.05) is 47.8 Å². The van der Waals surface area contributed by atoms with Gasteiger partial charge in [0.1, 0.15) is 0 Å². The number of benzene rings is 2. The van der Waals surface area contributed by atoms with Crippen LogP contribution >= 0.6 is 23.1 Å². The summed E-state index contributed by atoms with van der Waals surface area (Å²) in [6, 6.07) is 14.9. The van der Waals surface area contributed by atoms with Gasteiger partial charge in [0.25, 0.3) is 11.8 Å². The molecule has 2 aromatic carbocycles. The van der Waals surface area contributed by atoms with Crippen LogP contribution in [0.3, 0.4) is 0 Å². The van der Waals surface area contributed by atoms with E-state index in [1.54, 1.807) is 49.3 Å². The Morgan fingerprint density at radius 2 is 1.69 bits per heavy atom. The minimum atomic E-state index is -0.120. The van der Waals surface area contributed by atoms with Gasteiger partial charge in [0.05, 0.1) is 10.7 Å². The van der Waals surface area contributed by atoms with E-state index in [1.807, 2.05) is 43.3 Å². The lowest BCUT2D eigenvalue weighted by Gasteiger charge is -2.11. The highest BCUT2D eigenvalue weighted by atomic mass is 32.2. The fourth-order valence-electron chi connectivity index (χ4n) is 2.64. The Labute approximate surface area is 179 Å². The molecule has 5 nitrogen and oxygen atoms in total. The largest absolute Gasteiger partial charge is 0.348 e. The van der Waals surface area contributed by atoms with Crippen LogP contribution < -0.4 is 5.32 Å². The van der Waals surface area contributed by atoms with Crippen molar-refractivity contribution in [1.82, 2.24) is 15.2 Å². The Balaban J connectivity index is 1.50. The minimum Gasteiger partial charge on any atom is -0.348 e. The second-order valence-corrected chi connectivity index (χ2v) is 8.86. The van der Waals surface area contributed by atoms with E-state index in [4.69, 9.17) is 0 Å². The van der Waals surface area contributed by atoms with Crippen LogP contribution in [0.15, 0.2) is 58.8 Å². The van der Waals surface area contributed by atoms with E-state index < -0.39 is 0 Å². The van der Waals surface area contributed by atoms with Gasteiger partial charge in [0.15, 0.2) is 0 Å². The first kappa shape index (κ1) is 21.1. The maximum Gasteiger partial charge on any atom is 0.253 e. The summed E-state index contributed by atoms with van der Waals surface area (Å²) in [5.41, 5.74) is 3.28. The van der Waals surface area contributed by atoms with Gasteiger partial charge < -0.3 is 10.2 Å². The molecule has 150 valence electrons. The molecule has 0 saturated heterocycles. The third kappa shape index (κ3) is 5.92. The highest BCUT2D eigenvalue weighted by Crippen LogP contribution is 2.23. The molecule has 3 aromatic rings. The first-order chi connectivity index (χ1) is 13.9. The van der Waals surface area contributed by atoms with Crippen LogP contribution in [0.1, 0.15) is 37.0 Å². The number of amides is 2. The number of rotatable bonds is 7. The van der Waals surface area contributed by atoms with Gasteiger partial charge in [-0.1, -0.05) is 12.1 Å². The number of carbonyl (C=O) groups is 2. The third-order valence-electron chi connectivity index (χ3n) is 4.23. The molecule has 0 radical (unpaired) electrons. The number of aryl methyl sites for hydroxylation is 1. The Bertz CT molecular complexity index is 980. The van der Waals surface area contributed by atoms with Gasteiger partial charge in [-0.25, -0.2) is 4.98 Å². The van der Waals surface area contributed by atoms with Crippen molar-refractivity contribution in [3.8, 4) is 0 Å². The predicted octanol–water partition coefficient (Wildman–Crippen LogP) is 4.38. The van der Waals surface area contributed by atoms with Crippen molar-refractivity contribution in [3.63, 3.8) is 0 Å². The topological polar surface area (TPSA) is 62.3 Å². The summed E-state index contributed by atoms with van der Waals surface area (Å²) in [5, 5.41) is 6.07. The first-order valence-corrected chi connectivity index (χ1v) is 11.0. The van der Waals surface area contributed by atoms with Crippen LogP contribution in [0, 0.1) is 6.92 Å². The zero-order chi connectivity index (χ0) is 20.8. The van der Waals surface area contributed by atoms with E-state index in [9.17, 15) is 9.59 Å². The Morgan fingerprint density at radius 3 is 2.28 bits per heavy atom. The summed E-state index contributed by atoms with van der Waals surface area (Å²) in [6.45, 7) is 2.42. The maximum absolute atomic E-state index is 12.4. The lowest BCUT2D eigenvalue weighted by molar-refractivity contribution is 0.0827. The van der Waals surface area contributed by atoms with Crippen molar-refractivity contribution in [2.75, 3.05) is 14.1 Å². The van der Waals surface area contributed by atoms with Crippen molar-refractivity contribution in [2.45, 2.75) is 24.1 Å². The van der Waals surface area contributed by atoms with Gasteiger partial charge in [-0.05, 0) is 48.9 Å². The molecule has 2 amide bonds. The highest BCUT2D eigenvalue weighted by molar-refractivity contribution is 7.98. The number of aromatic nitrogens is 1. The molecule has 0 unspecified atom stereocenters. The average Bonchev–Trinajstić information content (AvgIpc) is 3.15. The van der Waals surface area contributed by atoms with E-state index in [1.165, 1.54) is 4.90 Å². The Morgan fingerprint density at radius 1 is 1.03 bits per heavy atom. The van der Waals surface area contributed by atoms with Gasteiger partial charge in [0.2, 0.25) is 0 Å². The van der Waals surface area contributed by atoms with Crippen molar-refractivity contribution < 1.29 is 9.59 Å². The van der Waals surface area contributed by atoms with E-state index >= 15 is 0 Å². The molecule has 1 aromatic heterocycles. The summed E-state index contributed by atoms with van der Waals surface area (Å²) >= 11 is 3.36. The van der Waals surface area contributed by atoms with Gasteiger partial charge in [-0.15, -0.1) is 23.1 Å². The number of nitrogens with zero attached hydrogens (tertiary/aromatic N) is 2. The molecular weight excluding hydrogens is 402 g/mol. The van der Waals surface area contributed by atoms with E-state index in [0.29, 0.717) is 17.7 Å². The maximum atomic E-state index is 12.4. The lowest BCUT2D eigenvalue weighted by atomic mass is 10.1. The van der Waals surface area contributed by atoms with Gasteiger partial charge in [-0.2, -0.15) is 0 Å². The number of thioether (sulfide) groups is 1. The smallest absolute Gasteiger partial charge is 0.253 e. The van der Waals surface area contributed by atoms with Gasteiger partial charge >= 0.3 is 0 Å². The summed E-state index contributed by atoms with van der Waals surface area (Å²) in [5.74, 6) is 0.663. The zero-order valence-electron chi connectivity index (χ0n) is 16.6. The third-order valence-corrected chi connectivity index (χ3v) is 6.10. The molecule has 0 saturated carbocycles. The predicted molar refractivity (Wildman–Crippen MR) is 118 cm³/mol. The van der Waals surface area contributed by atoms with Crippen LogP contribution in [0.4, 0.5) is 0 Å². The van der Waals surface area contributed by atoms with Crippen LogP contribution in [-0.4, -0.2) is 35.8 Å². The Kier molecular flexibility index (Phi) is 7.06. The second kappa shape index (κ2) is 9.71. The second-order valence-electron chi connectivity index (χ2n) is 6.75. The molecule has 0 spiro atoms. The van der Waals surface area contributed by atoms with Crippen molar-refractivity contribution in [3.05, 3.63) is 81.3 Å². The lowest BCUT2D eigenvalue weighted by Crippen LogP contribution is -2.23. The minimum absolute atomic E-state index is 0.0385. The number of thiazole rings is 1. The standard InChI is InChI=1S/C22H23N3O2S2/c1-15-24-19(13-28-15)14-29-20-10-8-17(9-11-20)21(26)23-12-16-4-6-18(7-5-16)22(27)25(2)3/h4-11,13H,12,14H2,1-3H3,(H,23,26). The van der Waals surface area contributed by atoms with Crippen LogP contribution in [-0.2, 0) is 12.3 Å². The molecule has 3 rings (SSSR count). The molecule has 0 aliphatic heterocycles. The molecule has 0 aliphatic rings. The number of carbonyl (C=O) groups excluding carboxylic acids is 2. The number of hydrogen-bond acceptors (Lipinski definition) is 5. The summed E-state index contributed by atoms with van der Waals surface area (Å²) in [4.78, 5) is 31.4. The summed E-state index contributed by atoms with van der Waals surface area (Å²) < 4.78 is 0. The van der Waals surface area contributed by atoms with Crippen LogP contribution in [0.2, 0.25) is 0 Å². The summed E-state index contributed by atoms with van der Waals surface area (Å²) in [7, 11) is 3.44. The molecule has 0 bridgehead atoms. The molecule has 1 heterocycles. The van der Waals surface area contributed by atoms with Crippen molar-refractivity contribution in [1.29, 1.82) is 0 Å². The molecule has 1 N–H and O–H groups in total.